The molecule has 5 heteroatoms. The maximum Gasteiger partial charge on any atom is 0.336 e. The fourth-order valence-corrected chi connectivity index (χ4v) is 4.43. The van der Waals surface area contributed by atoms with Gasteiger partial charge in [0.05, 0.1) is 16.7 Å². The summed E-state index contributed by atoms with van der Waals surface area (Å²) in [5, 5.41) is 0. The molecule has 0 aromatic carbocycles. The zero-order valence-corrected chi connectivity index (χ0v) is 15.6. The lowest BCUT2D eigenvalue weighted by Crippen LogP contribution is -2.49. The molecule has 3 aliphatic heterocycles. The van der Waals surface area contributed by atoms with E-state index in [1.807, 2.05) is 4.90 Å². The molecule has 3 heterocycles. The number of rotatable bonds is 2. The molecule has 2 saturated heterocycles. The number of hydrogen-bond acceptors (Lipinski definition) is 4. The van der Waals surface area contributed by atoms with Crippen molar-refractivity contribution in [3.63, 3.8) is 0 Å². The van der Waals surface area contributed by atoms with Gasteiger partial charge < -0.3 is 9.64 Å². The van der Waals surface area contributed by atoms with E-state index in [4.69, 9.17) is 4.74 Å². The number of piperidine rings is 1. The van der Waals surface area contributed by atoms with Crippen LogP contribution in [0.15, 0.2) is 11.3 Å². The quantitative estimate of drug-likeness (QED) is 0.728. The normalized spacial score (nSPS) is 30.5. The second-order valence-electron chi connectivity index (χ2n) is 8.70. The molecule has 134 valence electrons. The third kappa shape index (κ3) is 2.77. The van der Waals surface area contributed by atoms with Crippen LogP contribution in [0.5, 0.6) is 0 Å². The van der Waals surface area contributed by atoms with E-state index in [1.54, 1.807) is 6.92 Å². The van der Waals surface area contributed by atoms with E-state index in [-0.39, 0.29) is 29.4 Å². The Balaban J connectivity index is 1.72. The van der Waals surface area contributed by atoms with Crippen molar-refractivity contribution in [1.82, 2.24) is 9.80 Å². The van der Waals surface area contributed by atoms with Crippen LogP contribution >= 0.6 is 0 Å². The van der Waals surface area contributed by atoms with E-state index in [9.17, 15) is 9.59 Å². The lowest BCUT2D eigenvalue weighted by atomic mass is 9.71. The summed E-state index contributed by atoms with van der Waals surface area (Å²) in [4.78, 5) is 29.1. The average molecular weight is 334 g/mol. The third-order valence-electron chi connectivity index (χ3n) is 6.34. The molecule has 0 radical (unpaired) electrons. The second-order valence-corrected chi connectivity index (χ2v) is 8.70. The Labute approximate surface area is 145 Å². The third-order valence-corrected chi connectivity index (χ3v) is 6.34. The van der Waals surface area contributed by atoms with Gasteiger partial charge in [-0.3, -0.25) is 9.69 Å². The van der Waals surface area contributed by atoms with Crippen LogP contribution in [0, 0.1) is 11.3 Å². The first kappa shape index (κ1) is 17.5. The van der Waals surface area contributed by atoms with Gasteiger partial charge in [0, 0.05) is 12.1 Å². The number of nitrogens with zero attached hydrogens (tertiary/aromatic N) is 2. The second kappa shape index (κ2) is 5.87. The Morgan fingerprint density at radius 2 is 1.75 bits per heavy atom. The first-order chi connectivity index (χ1) is 11.1. The first-order valence-electron chi connectivity index (χ1n) is 9.08. The summed E-state index contributed by atoms with van der Waals surface area (Å²) in [6, 6.07) is 0. The van der Waals surface area contributed by atoms with Crippen LogP contribution in [0.1, 0.15) is 53.9 Å². The Morgan fingerprint density at radius 3 is 2.25 bits per heavy atom. The molecule has 0 aliphatic carbocycles. The maximum absolute atomic E-state index is 13.2. The number of esters is 1. The molecule has 3 aliphatic rings. The molecule has 1 unspecified atom stereocenters. The highest BCUT2D eigenvalue weighted by molar-refractivity contribution is 5.94. The van der Waals surface area contributed by atoms with Crippen LogP contribution in [0.2, 0.25) is 0 Å². The summed E-state index contributed by atoms with van der Waals surface area (Å²) in [6.07, 6.45) is 3.01. The highest BCUT2D eigenvalue weighted by Gasteiger charge is 2.50. The van der Waals surface area contributed by atoms with E-state index in [0.29, 0.717) is 18.0 Å². The van der Waals surface area contributed by atoms with E-state index in [2.05, 4.69) is 32.6 Å². The van der Waals surface area contributed by atoms with Gasteiger partial charge in [-0.25, -0.2) is 4.79 Å². The van der Waals surface area contributed by atoms with Crippen molar-refractivity contribution in [2.45, 2.75) is 59.4 Å². The minimum absolute atomic E-state index is 0.185. The van der Waals surface area contributed by atoms with Crippen LogP contribution in [0.4, 0.5) is 0 Å². The molecule has 24 heavy (non-hydrogen) atoms. The summed E-state index contributed by atoms with van der Waals surface area (Å²) in [7, 11) is 0. The number of carbonyl (C=O) groups excluding carboxylic acids is 2. The van der Waals surface area contributed by atoms with Crippen molar-refractivity contribution >= 4 is 11.9 Å². The number of amides is 1. The molecule has 0 bridgehead atoms. The van der Waals surface area contributed by atoms with Gasteiger partial charge in [0.15, 0.2) is 0 Å². The molecule has 0 N–H and O–H groups in total. The fourth-order valence-electron chi connectivity index (χ4n) is 4.43. The Morgan fingerprint density at radius 1 is 1.12 bits per heavy atom. The maximum atomic E-state index is 13.2. The van der Waals surface area contributed by atoms with E-state index < -0.39 is 0 Å². The molecule has 0 aromatic heterocycles. The standard InChI is InChI=1S/C19H30N2O3/c1-13-15(12-24-16(13)22)21-11-8-19(5,17(21)23)14-6-9-20(10-7-14)18(2,3)4/h14H,6-12H2,1-5H3. The summed E-state index contributed by atoms with van der Waals surface area (Å²) in [5.74, 6) is 0.321. The minimum atomic E-state index is -0.303. The number of carbonyl (C=O) groups is 2. The molecule has 0 spiro atoms. The fraction of sp³-hybridized carbons (Fsp3) is 0.789. The van der Waals surface area contributed by atoms with Crippen LogP contribution in [0.25, 0.3) is 0 Å². The number of hydrogen-bond donors (Lipinski definition) is 0. The topological polar surface area (TPSA) is 49.9 Å². The average Bonchev–Trinajstić information content (AvgIpc) is 3.01. The number of ether oxygens (including phenoxy) is 1. The number of likely N-dealkylation sites (tertiary alicyclic amines) is 2. The molecule has 0 saturated carbocycles. The van der Waals surface area contributed by atoms with Gasteiger partial charge in [0.25, 0.3) is 0 Å². The molecular formula is C19H30N2O3. The zero-order chi connectivity index (χ0) is 17.7. The summed E-state index contributed by atoms with van der Waals surface area (Å²) in [5.41, 5.74) is 1.26. The minimum Gasteiger partial charge on any atom is -0.456 e. The van der Waals surface area contributed by atoms with Crippen molar-refractivity contribution in [3.8, 4) is 0 Å². The van der Waals surface area contributed by atoms with Crippen molar-refractivity contribution in [1.29, 1.82) is 0 Å². The van der Waals surface area contributed by atoms with Crippen LogP contribution < -0.4 is 0 Å². The van der Waals surface area contributed by atoms with Crippen LogP contribution in [-0.2, 0) is 14.3 Å². The molecule has 2 fully saturated rings. The lowest BCUT2D eigenvalue weighted by Gasteiger charge is -2.44. The van der Waals surface area contributed by atoms with Gasteiger partial charge in [0.1, 0.15) is 6.61 Å². The van der Waals surface area contributed by atoms with Gasteiger partial charge in [-0.05, 0) is 66.0 Å². The van der Waals surface area contributed by atoms with Gasteiger partial charge in [0.2, 0.25) is 5.91 Å². The van der Waals surface area contributed by atoms with E-state index in [0.717, 1.165) is 38.0 Å². The summed E-state index contributed by atoms with van der Waals surface area (Å²) < 4.78 is 5.09. The van der Waals surface area contributed by atoms with Crippen molar-refractivity contribution in [3.05, 3.63) is 11.3 Å². The monoisotopic (exact) mass is 334 g/mol. The van der Waals surface area contributed by atoms with Gasteiger partial charge in [-0.2, -0.15) is 0 Å². The van der Waals surface area contributed by atoms with Crippen LogP contribution in [-0.4, -0.2) is 53.5 Å². The van der Waals surface area contributed by atoms with Gasteiger partial charge in [-0.15, -0.1) is 0 Å². The van der Waals surface area contributed by atoms with Gasteiger partial charge >= 0.3 is 5.97 Å². The molecule has 1 amide bonds. The van der Waals surface area contributed by atoms with Crippen molar-refractivity contribution in [2.75, 3.05) is 26.2 Å². The van der Waals surface area contributed by atoms with Crippen LogP contribution in [0.3, 0.4) is 0 Å². The SMILES string of the molecule is CC1=C(N2CCC(C)(C3CCN(C(C)(C)C)CC3)C2=O)COC1=O. The van der Waals surface area contributed by atoms with E-state index in [1.165, 1.54) is 0 Å². The van der Waals surface area contributed by atoms with Crippen molar-refractivity contribution in [2.24, 2.45) is 11.3 Å². The smallest absolute Gasteiger partial charge is 0.336 e. The highest BCUT2D eigenvalue weighted by Crippen LogP contribution is 2.45. The molecule has 5 nitrogen and oxygen atoms in total. The Kier molecular flexibility index (Phi) is 4.27. The molecular weight excluding hydrogens is 304 g/mol. The molecule has 3 rings (SSSR count). The molecule has 0 aromatic rings. The zero-order valence-electron chi connectivity index (χ0n) is 15.6. The predicted molar refractivity (Wildman–Crippen MR) is 92.1 cm³/mol. The van der Waals surface area contributed by atoms with Gasteiger partial charge in [-0.1, -0.05) is 6.92 Å². The Bertz CT molecular complexity index is 582. The van der Waals surface area contributed by atoms with Crippen molar-refractivity contribution < 1.29 is 14.3 Å². The number of cyclic esters (lactones) is 1. The first-order valence-corrected chi connectivity index (χ1v) is 9.08. The predicted octanol–water partition coefficient (Wildman–Crippen LogP) is 2.57. The summed E-state index contributed by atoms with van der Waals surface area (Å²) in [6.45, 7) is 13.7. The highest BCUT2D eigenvalue weighted by atomic mass is 16.5. The largest absolute Gasteiger partial charge is 0.456 e. The Hall–Kier alpha value is -1.36. The summed E-state index contributed by atoms with van der Waals surface area (Å²) >= 11 is 0. The lowest BCUT2D eigenvalue weighted by molar-refractivity contribution is -0.139. The molecule has 1 atom stereocenters. The van der Waals surface area contributed by atoms with E-state index >= 15 is 0 Å².